The number of sulfonamides is 1. The second-order valence-electron chi connectivity index (χ2n) is 5.55. The Kier molecular flexibility index (Phi) is 3.93. The molecule has 7 heteroatoms. The normalized spacial score (nSPS) is 20.7. The van der Waals surface area contributed by atoms with Crippen molar-refractivity contribution in [1.82, 2.24) is 8.87 Å². The summed E-state index contributed by atoms with van der Waals surface area (Å²) in [6, 6.07) is 1.22. The number of aromatic carboxylic acids is 1. The maximum Gasteiger partial charge on any atom is 0.352 e. The van der Waals surface area contributed by atoms with Gasteiger partial charge in [0.15, 0.2) is 0 Å². The predicted molar refractivity (Wildman–Crippen MR) is 74.1 cm³/mol. The van der Waals surface area contributed by atoms with Crippen molar-refractivity contribution in [1.29, 1.82) is 0 Å². The van der Waals surface area contributed by atoms with Crippen molar-refractivity contribution in [2.24, 2.45) is 13.0 Å². The van der Waals surface area contributed by atoms with Crippen molar-refractivity contribution in [3.8, 4) is 0 Å². The number of carboxylic acid groups (broad SMARTS) is 1. The average molecular weight is 300 g/mol. The second kappa shape index (κ2) is 5.21. The van der Waals surface area contributed by atoms with Gasteiger partial charge in [0.2, 0.25) is 10.0 Å². The first-order chi connectivity index (χ1) is 9.25. The van der Waals surface area contributed by atoms with Crippen LogP contribution in [0.5, 0.6) is 0 Å². The largest absolute Gasteiger partial charge is 0.477 e. The van der Waals surface area contributed by atoms with Crippen LogP contribution in [-0.4, -0.2) is 41.0 Å². The molecule has 0 aliphatic carbocycles. The number of rotatable bonds is 4. The Bertz CT molecular complexity index is 618. The van der Waals surface area contributed by atoms with Crippen molar-refractivity contribution in [2.75, 3.05) is 6.54 Å². The summed E-state index contributed by atoms with van der Waals surface area (Å²) in [4.78, 5) is 11.1. The van der Waals surface area contributed by atoms with Gasteiger partial charge in [-0.3, -0.25) is 0 Å². The lowest BCUT2D eigenvalue weighted by Crippen LogP contribution is -2.38. The monoisotopic (exact) mass is 300 g/mol. The molecular weight excluding hydrogens is 280 g/mol. The van der Waals surface area contributed by atoms with Gasteiger partial charge in [-0.25, -0.2) is 13.2 Å². The Morgan fingerprint density at radius 2 is 2.10 bits per heavy atom. The van der Waals surface area contributed by atoms with Crippen LogP contribution in [0.25, 0.3) is 0 Å². The minimum absolute atomic E-state index is 0.00603. The van der Waals surface area contributed by atoms with E-state index in [1.807, 2.05) is 13.8 Å². The third-order valence-corrected chi connectivity index (χ3v) is 5.71. The molecule has 0 amide bonds. The molecule has 112 valence electrons. The molecule has 2 rings (SSSR count). The molecule has 0 bridgehead atoms. The highest BCUT2D eigenvalue weighted by molar-refractivity contribution is 7.89. The van der Waals surface area contributed by atoms with Crippen LogP contribution >= 0.6 is 0 Å². The Hall–Kier alpha value is -1.34. The Labute approximate surface area is 119 Å². The number of hydrogen-bond donors (Lipinski definition) is 1. The number of carboxylic acids is 1. The van der Waals surface area contributed by atoms with E-state index in [4.69, 9.17) is 5.11 Å². The standard InChI is InChI=1S/C13H20N2O4S/c1-9(2)11-5-4-6-15(11)20(18,19)10-7-12(13(16)17)14(3)8-10/h7-9,11H,4-6H2,1-3H3,(H,16,17). The fourth-order valence-corrected chi connectivity index (χ4v) is 4.65. The first kappa shape index (κ1) is 15.1. The van der Waals surface area contributed by atoms with Gasteiger partial charge in [0.1, 0.15) is 10.6 Å². The molecule has 1 atom stereocenters. The molecule has 20 heavy (non-hydrogen) atoms. The van der Waals surface area contributed by atoms with Crippen LogP contribution in [0, 0.1) is 5.92 Å². The Balaban J connectivity index is 2.40. The number of nitrogens with zero attached hydrogens (tertiary/aromatic N) is 2. The molecule has 1 N–H and O–H groups in total. The maximum absolute atomic E-state index is 12.7. The van der Waals surface area contributed by atoms with Crippen LogP contribution in [0.1, 0.15) is 37.2 Å². The van der Waals surface area contributed by atoms with E-state index >= 15 is 0 Å². The lowest BCUT2D eigenvalue weighted by molar-refractivity contribution is 0.0686. The molecule has 1 aromatic rings. The van der Waals surface area contributed by atoms with Gasteiger partial charge in [-0.15, -0.1) is 0 Å². The molecule has 0 spiro atoms. The first-order valence-corrected chi connectivity index (χ1v) is 8.10. The molecule has 6 nitrogen and oxygen atoms in total. The first-order valence-electron chi connectivity index (χ1n) is 6.66. The molecule has 0 aromatic carbocycles. The highest BCUT2D eigenvalue weighted by Crippen LogP contribution is 2.30. The van der Waals surface area contributed by atoms with Crippen LogP contribution in [-0.2, 0) is 17.1 Å². The summed E-state index contributed by atoms with van der Waals surface area (Å²) < 4.78 is 28.2. The lowest BCUT2D eigenvalue weighted by atomic mass is 10.0. The highest BCUT2D eigenvalue weighted by atomic mass is 32.2. The lowest BCUT2D eigenvalue weighted by Gasteiger charge is -2.26. The van der Waals surface area contributed by atoms with E-state index in [-0.39, 0.29) is 22.5 Å². The van der Waals surface area contributed by atoms with E-state index < -0.39 is 16.0 Å². The van der Waals surface area contributed by atoms with Crippen LogP contribution in [0.3, 0.4) is 0 Å². The highest BCUT2D eigenvalue weighted by Gasteiger charge is 2.37. The van der Waals surface area contributed by atoms with Crippen molar-refractivity contribution in [3.05, 3.63) is 18.0 Å². The van der Waals surface area contributed by atoms with Crippen LogP contribution in [0.4, 0.5) is 0 Å². The van der Waals surface area contributed by atoms with Crippen molar-refractivity contribution in [3.63, 3.8) is 0 Å². The third kappa shape index (κ3) is 2.47. The van der Waals surface area contributed by atoms with Crippen LogP contribution in [0.2, 0.25) is 0 Å². The van der Waals surface area contributed by atoms with Crippen molar-refractivity contribution in [2.45, 2.75) is 37.6 Å². The summed E-state index contributed by atoms with van der Waals surface area (Å²) >= 11 is 0. The second-order valence-corrected chi connectivity index (χ2v) is 7.44. The summed E-state index contributed by atoms with van der Waals surface area (Å²) in [5.74, 6) is -0.884. The van der Waals surface area contributed by atoms with E-state index in [0.717, 1.165) is 12.8 Å². The van der Waals surface area contributed by atoms with Crippen LogP contribution < -0.4 is 0 Å². The van der Waals surface area contributed by atoms with Gasteiger partial charge < -0.3 is 9.67 Å². The molecule has 1 aliphatic heterocycles. The molecule has 1 saturated heterocycles. The molecule has 1 fully saturated rings. The Morgan fingerprint density at radius 3 is 2.60 bits per heavy atom. The maximum atomic E-state index is 12.7. The number of carbonyl (C=O) groups is 1. The molecular formula is C13H20N2O4S. The summed E-state index contributed by atoms with van der Waals surface area (Å²) in [6.07, 6.45) is 3.07. The van der Waals surface area contributed by atoms with Gasteiger partial charge >= 0.3 is 5.97 Å². The van der Waals surface area contributed by atoms with E-state index in [0.29, 0.717) is 6.54 Å². The van der Waals surface area contributed by atoms with E-state index in [9.17, 15) is 13.2 Å². The average Bonchev–Trinajstić information content (AvgIpc) is 2.94. The SMILES string of the molecule is CC(C)C1CCCN1S(=O)(=O)c1cc(C(=O)O)n(C)c1. The zero-order valence-corrected chi connectivity index (χ0v) is 12.7. The van der Waals surface area contributed by atoms with Gasteiger partial charge in [-0.2, -0.15) is 4.31 Å². The molecule has 1 unspecified atom stereocenters. The number of aromatic nitrogens is 1. The van der Waals surface area contributed by atoms with Gasteiger partial charge in [0, 0.05) is 25.8 Å². The van der Waals surface area contributed by atoms with Gasteiger partial charge in [0.25, 0.3) is 0 Å². The topological polar surface area (TPSA) is 79.6 Å². The Morgan fingerprint density at radius 1 is 1.45 bits per heavy atom. The van der Waals surface area contributed by atoms with Gasteiger partial charge in [-0.1, -0.05) is 13.8 Å². The van der Waals surface area contributed by atoms with E-state index in [2.05, 4.69) is 0 Å². The number of hydrogen-bond acceptors (Lipinski definition) is 3. The smallest absolute Gasteiger partial charge is 0.352 e. The van der Waals surface area contributed by atoms with Gasteiger partial charge in [0.05, 0.1) is 0 Å². The summed E-state index contributed by atoms with van der Waals surface area (Å²) in [5.41, 5.74) is -0.0242. The quantitative estimate of drug-likeness (QED) is 0.914. The summed E-state index contributed by atoms with van der Waals surface area (Å²) in [6.45, 7) is 4.51. The molecule has 0 saturated carbocycles. The summed E-state index contributed by atoms with van der Waals surface area (Å²) in [5, 5.41) is 9.02. The minimum atomic E-state index is -3.62. The zero-order valence-electron chi connectivity index (χ0n) is 11.9. The van der Waals surface area contributed by atoms with E-state index in [1.54, 1.807) is 0 Å². The van der Waals surface area contributed by atoms with Crippen molar-refractivity contribution >= 4 is 16.0 Å². The third-order valence-electron chi connectivity index (χ3n) is 3.82. The molecule has 2 heterocycles. The molecule has 1 aliphatic rings. The fraction of sp³-hybridized carbons (Fsp3) is 0.615. The van der Waals surface area contributed by atoms with Gasteiger partial charge in [-0.05, 0) is 24.8 Å². The molecule has 1 aromatic heterocycles. The van der Waals surface area contributed by atoms with Crippen LogP contribution in [0.15, 0.2) is 17.2 Å². The zero-order chi connectivity index (χ0) is 15.1. The minimum Gasteiger partial charge on any atom is -0.477 e. The molecule has 0 radical (unpaired) electrons. The predicted octanol–water partition coefficient (Wildman–Crippen LogP) is 1.53. The number of aryl methyl sites for hydroxylation is 1. The fourth-order valence-electron chi connectivity index (χ4n) is 2.75. The van der Waals surface area contributed by atoms with E-state index in [1.165, 1.54) is 28.2 Å². The summed E-state index contributed by atoms with van der Waals surface area (Å²) in [7, 11) is -2.08. The van der Waals surface area contributed by atoms with Crippen molar-refractivity contribution < 1.29 is 18.3 Å².